The third kappa shape index (κ3) is 5.78. The number of aryl methyl sites for hydroxylation is 1. The van der Waals surface area contributed by atoms with Crippen LogP contribution in [-0.4, -0.2) is 36.1 Å². The molecular weight excluding hydrogens is 378 g/mol. The highest BCUT2D eigenvalue weighted by Gasteiger charge is 2.20. The number of ether oxygens (including phenoxy) is 1. The Balaban J connectivity index is 1.77. The van der Waals surface area contributed by atoms with Crippen molar-refractivity contribution < 1.29 is 13.9 Å². The molecule has 3 aromatic rings. The number of rotatable bonds is 10. The van der Waals surface area contributed by atoms with Gasteiger partial charge in [0.25, 0.3) is 5.91 Å². The zero-order valence-corrected chi connectivity index (χ0v) is 17.8. The molecule has 0 aliphatic carbocycles. The van der Waals surface area contributed by atoms with Gasteiger partial charge in [-0.25, -0.2) is 4.98 Å². The van der Waals surface area contributed by atoms with Crippen LogP contribution in [0.3, 0.4) is 0 Å². The predicted octanol–water partition coefficient (Wildman–Crippen LogP) is 4.12. The second kappa shape index (κ2) is 10.7. The summed E-state index contributed by atoms with van der Waals surface area (Å²) in [5.41, 5.74) is 4.00. The summed E-state index contributed by atoms with van der Waals surface area (Å²) in [6.07, 6.45) is 1.41. The molecule has 0 fully saturated rings. The van der Waals surface area contributed by atoms with E-state index in [1.165, 1.54) is 23.0 Å². The van der Waals surface area contributed by atoms with E-state index in [1.807, 2.05) is 24.3 Å². The summed E-state index contributed by atoms with van der Waals surface area (Å²) in [6, 6.07) is 18.9. The maximum absolute atomic E-state index is 12.2. The summed E-state index contributed by atoms with van der Waals surface area (Å²) < 4.78 is 10.6. The number of hydrogen-bond acceptors (Lipinski definition) is 5. The summed E-state index contributed by atoms with van der Waals surface area (Å²) in [5, 5.41) is 2.76. The van der Waals surface area contributed by atoms with Crippen molar-refractivity contribution in [2.45, 2.75) is 33.0 Å². The summed E-state index contributed by atoms with van der Waals surface area (Å²) in [7, 11) is 1.59. The number of carbonyl (C=O) groups excluding carboxylic acids is 1. The van der Waals surface area contributed by atoms with Crippen molar-refractivity contribution >= 4 is 5.91 Å². The molecule has 0 saturated carbocycles. The van der Waals surface area contributed by atoms with E-state index in [1.54, 1.807) is 7.11 Å². The first-order valence-corrected chi connectivity index (χ1v) is 10.1. The van der Waals surface area contributed by atoms with Gasteiger partial charge in [-0.3, -0.25) is 9.69 Å². The zero-order chi connectivity index (χ0) is 21.3. The lowest BCUT2D eigenvalue weighted by Crippen LogP contribution is -2.28. The molecule has 6 nitrogen and oxygen atoms in total. The molecule has 0 bridgehead atoms. The van der Waals surface area contributed by atoms with E-state index in [4.69, 9.17) is 9.15 Å². The van der Waals surface area contributed by atoms with Crippen molar-refractivity contribution in [1.82, 2.24) is 15.2 Å². The standard InChI is InChI=1S/C24H29N3O3/c1-18-9-7-8-12-21(18)15-27(19(2)20-10-5-4-6-11-20)16-23-26-22(17-30-23)24(28)25-13-14-29-3/h4-12,17,19H,13-16H2,1-3H3,(H,25,28)/t19-/m1/s1. The predicted molar refractivity (Wildman–Crippen MR) is 116 cm³/mol. The smallest absolute Gasteiger partial charge is 0.273 e. The average Bonchev–Trinajstić information content (AvgIpc) is 3.24. The quantitative estimate of drug-likeness (QED) is 0.512. The summed E-state index contributed by atoms with van der Waals surface area (Å²) in [5.74, 6) is 0.256. The number of hydrogen-bond donors (Lipinski definition) is 1. The van der Waals surface area contributed by atoms with Crippen LogP contribution in [0.2, 0.25) is 0 Å². The van der Waals surface area contributed by atoms with Crippen LogP contribution >= 0.6 is 0 Å². The third-order valence-electron chi connectivity index (χ3n) is 5.18. The van der Waals surface area contributed by atoms with Gasteiger partial charge in [0.1, 0.15) is 6.26 Å². The zero-order valence-electron chi connectivity index (χ0n) is 17.8. The Morgan fingerprint density at radius 2 is 1.87 bits per heavy atom. The SMILES string of the molecule is COCCNC(=O)c1coc(CN(Cc2ccccc2C)[C@H](C)c2ccccc2)n1. The first-order chi connectivity index (χ1) is 14.6. The van der Waals surface area contributed by atoms with Gasteiger partial charge in [0.05, 0.1) is 13.2 Å². The lowest BCUT2D eigenvalue weighted by molar-refractivity contribution is 0.0932. The van der Waals surface area contributed by atoms with Crippen LogP contribution in [0.5, 0.6) is 0 Å². The van der Waals surface area contributed by atoms with Crippen LogP contribution in [0.4, 0.5) is 0 Å². The fraction of sp³-hybridized carbons (Fsp3) is 0.333. The minimum absolute atomic E-state index is 0.150. The fourth-order valence-corrected chi connectivity index (χ4v) is 3.30. The number of amides is 1. The lowest BCUT2D eigenvalue weighted by atomic mass is 10.0. The van der Waals surface area contributed by atoms with Crippen molar-refractivity contribution in [2.75, 3.05) is 20.3 Å². The number of aromatic nitrogens is 1. The van der Waals surface area contributed by atoms with E-state index in [0.717, 1.165) is 6.54 Å². The highest BCUT2D eigenvalue weighted by Crippen LogP contribution is 2.25. The van der Waals surface area contributed by atoms with Gasteiger partial charge in [0, 0.05) is 26.2 Å². The topological polar surface area (TPSA) is 67.6 Å². The van der Waals surface area contributed by atoms with Gasteiger partial charge in [-0.15, -0.1) is 0 Å². The van der Waals surface area contributed by atoms with E-state index >= 15 is 0 Å². The molecule has 0 aliphatic rings. The Kier molecular flexibility index (Phi) is 7.76. The van der Waals surface area contributed by atoms with E-state index < -0.39 is 0 Å². The van der Waals surface area contributed by atoms with Crippen molar-refractivity contribution in [1.29, 1.82) is 0 Å². The molecule has 0 unspecified atom stereocenters. The largest absolute Gasteiger partial charge is 0.447 e. The Morgan fingerprint density at radius 3 is 2.60 bits per heavy atom. The fourth-order valence-electron chi connectivity index (χ4n) is 3.30. The molecule has 1 heterocycles. The molecule has 1 amide bonds. The molecule has 158 valence electrons. The van der Waals surface area contributed by atoms with Crippen molar-refractivity contribution in [3.8, 4) is 0 Å². The molecule has 0 spiro atoms. The highest BCUT2D eigenvalue weighted by atomic mass is 16.5. The van der Waals surface area contributed by atoms with Crippen molar-refractivity contribution in [2.24, 2.45) is 0 Å². The number of benzene rings is 2. The normalized spacial score (nSPS) is 12.1. The van der Waals surface area contributed by atoms with E-state index in [-0.39, 0.29) is 17.6 Å². The van der Waals surface area contributed by atoms with Gasteiger partial charge in [0.15, 0.2) is 5.69 Å². The maximum atomic E-state index is 12.2. The molecule has 1 atom stereocenters. The molecule has 0 saturated heterocycles. The molecular formula is C24H29N3O3. The molecule has 0 radical (unpaired) electrons. The maximum Gasteiger partial charge on any atom is 0.273 e. The monoisotopic (exact) mass is 407 g/mol. The molecule has 1 N–H and O–H groups in total. The minimum atomic E-state index is -0.261. The van der Waals surface area contributed by atoms with Gasteiger partial charge in [-0.2, -0.15) is 0 Å². The molecule has 1 aromatic heterocycles. The molecule has 6 heteroatoms. The van der Waals surface area contributed by atoms with Gasteiger partial charge in [-0.05, 0) is 30.5 Å². The van der Waals surface area contributed by atoms with Gasteiger partial charge in [0.2, 0.25) is 5.89 Å². The van der Waals surface area contributed by atoms with E-state index in [0.29, 0.717) is 25.6 Å². The van der Waals surface area contributed by atoms with Gasteiger partial charge in [-0.1, -0.05) is 54.6 Å². The lowest BCUT2D eigenvalue weighted by Gasteiger charge is -2.29. The average molecular weight is 408 g/mol. The Labute approximate surface area is 177 Å². The Hall–Kier alpha value is -2.96. The van der Waals surface area contributed by atoms with Gasteiger partial charge < -0.3 is 14.5 Å². The second-order valence-electron chi connectivity index (χ2n) is 7.29. The van der Waals surface area contributed by atoms with Crippen LogP contribution < -0.4 is 5.32 Å². The number of methoxy groups -OCH3 is 1. The van der Waals surface area contributed by atoms with Crippen LogP contribution in [0, 0.1) is 6.92 Å². The van der Waals surface area contributed by atoms with E-state index in [9.17, 15) is 4.79 Å². The van der Waals surface area contributed by atoms with Crippen molar-refractivity contribution in [3.05, 3.63) is 89.1 Å². The van der Waals surface area contributed by atoms with E-state index in [2.05, 4.69) is 59.4 Å². The summed E-state index contributed by atoms with van der Waals surface area (Å²) in [4.78, 5) is 18.9. The first kappa shape index (κ1) is 21.7. The van der Waals surface area contributed by atoms with Crippen LogP contribution in [0.25, 0.3) is 0 Å². The summed E-state index contributed by atoms with van der Waals surface area (Å²) >= 11 is 0. The van der Waals surface area contributed by atoms with Crippen LogP contribution in [-0.2, 0) is 17.8 Å². The highest BCUT2D eigenvalue weighted by molar-refractivity contribution is 5.91. The third-order valence-corrected chi connectivity index (χ3v) is 5.18. The Bertz CT molecular complexity index is 940. The second-order valence-corrected chi connectivity index (χ2v) is 7.29. The molecule has 30 heavy (non-hydrogen) atoms. The number of carbonyl (C=O) groups is 1. The van der Waals surface area contributed by atoms with Gasteiger partial charge >= 0.3 is 0 Å². The molecule has 0 aliphatic heterocycles. The van der Waals surface area contributed by atoms with Crippen LogP contribution in [0.15, 0.2) is 65.3 Å². The number of nitrogens with zero attached hydrogens (tertiary/aromatic N) is 2. The first-order valence-electron chi connectivity index (χ1n) is 10.1. The van der Waals surface area contributed by atoms with Crippen molar-refractivity contribution in [3.63, 3.8) is 0 Å². The molecule has 2 aromatic carbocycles. The van der Waals surface area contributed by atoms with Crippen LogP contribution in [0.1, 0.15) is 46.0 Å². The summed E-state index contributed by atoms with van der Waals surface area (Å²) in [6.45, 7) is 6.43. The molecule has 3 rings (SSSR count). The minimum Gasteiger partial charge on any atom is -0.447 e. The number of oxazole rings is 1. The Morgan fingerprint density at radius 1 is 1.13 bits per heavy atom. The number of nitrogens with one attached hydrogen (secondary N) is 1.